The summed E-state index contributed by atoms with van der Waals surface area (Å²) in [6.07, 6.45) is 0. The zero-order chi connectivity index (χ0) is 17.9. The fourth-order valence-electron chi connectivity index (χ4n) is 3.06. The highest BCUT2D eigenvalue weighted by atomic mass is 79.9. The summed E-state index contributed by atoms with van der Waals surface area (Å²) in [5.41, 5.74) is 2.03. The Morgan fingerprint density at radius 2 is 1.69 bits per heavy atom. The second-order valence-corrected chi connectivity index (χ2v) is 7.35. The number of halogens is 1. The average molecular weight is 431 g/mol. The Balaban J connectivity index is 1.82. The van der Waals surface area contributed by atoms with Crippen molar-refractivity contribution in [1.29, 1.82) is 0 Å². The highest BCUT2D eigenvalue weighted by Crippen LogP contribution is 2.29. The molecule has 1 aliphatic heterocycles. The number of hydrogen-bond acceptors (Lipinski definition) is 4. The third-order valence-corrected chi connectivity index (χ3v) is 5.49. The van der Waals surface area contributed by atoms with Crippen molar-refractivity contribution in [2.75, 3.05) is 26.3 Å². The minimum absolute atomic E-state index is 0.666. The highest BCUT2D eigenvalue weighted by molar-refractivity contribution is 9.10. The van der Waals surface area contributed by atoms with Crippen LogP contribution >= 0.6 is 28.1 Å². The van der Waals surface area contributed by atoms with Crippen LogP contribution in [0.5, 0.6) is 0 Å². The first-order chi connectivity index (χ1) is 12.7. The Bertz CT molecular complexity index is 948. The number of para-hydroxylation sites is 1. The van der Waals surface area contributed by atoms with Crippen molar-refractivity contribution >= 4 is 28.1 Å². The van der Waals surface area contributed by atoms with Gasteiger partial charge in [0.25, 0.3) is 0 Å². The molecule has 0 spiro atoms. The van der Waals surface area contributed by atoms with Gasteiger partial charge in [-0.05, 0) is 30.4 Å². The molecule has 5 nitrogen and oxygen atoms in total. The van der Waals surface area contributed by atoms with Gasteiger partial charge in [0.1, 0.15) is 0 Å². The molecule has 2 heterocycles. The standard InChI is InChI=1S/C19H19BrN4OS/c20-17-9-5-4-8-16(17)18-21-23(14-22-10-12-25-13-11-22)19(26)24(18)15-6-2-1-3-7-15/h1-9H,10-14H2. The second-order valence-electron chi connectivity index (χ2n) is 6.13. The van der Waals surface area contributed by atoms with Gasteiger partial charge in [-0.3, -0.25) is 9.47 Å². The zero-order valence-electron chi connectivity index (χ0n) is 14.2. The van der Waals surface area contributed by atoms with E-state index in [-0.39, 0.29) is 0 Å². The summed E-state index contributed by atoms with van der Waals surface area (Å²) >= 11 is 9.45. The van der Waals surface area contributed by atoms with E-state index in [9.17, 15) is 0 Å². The molecular weight excluding hydrogens is 412 g/mol. The molecule has 1 saturated heterocycles. The van der Waals surface area contributed by atoms with Crippen molar-refractivity contribution < 1.29 is 4.74 Å². The number of morpholine rings is 1. The maximum absolute atomic E-state index is 5.80. The number of benzene rings is 2. The summed E-state index contributed by atoms with van der Waals surface area (Å²) in [6.45, 7) is 3.96. The number of hydrogen-bond donors (Lipinski definition) is 0. The lowest BCUT2D eigenvalue weighted by Gasteiger charge is -2.26. The van der Waals surface area contributed by atoms with Crippen LogP contribution in [0.1, 0.15) is 0 Å². The first-order valence-corrected chi connectivity index (χ1v) is 9.74. The number of nitrogens with zero attached hydrogens (tertiary/aromatic N) is 4. The molecule has 0 N–H and O–H groups in total. The maximum atomic E-state index is 5.80. The van der Waals surface area contributed by atoms with Gasteiger partial charge in [-0.2, -0.15) is 0 Å². The first kappa shape index (κ1) is 17.6. The monoisotopic (exact) mass is 430 g/mol. The van der Waals surface area contributed by atoms with Gasteiger partial charge in [-0.25, -0.2) is 4.68 Å². The van der Waals surface area contributed by atoms with Crippen molar-refractivity contribution in [2.24, 2.45) is 0 Å². The van der Waals surface area contributed by atoms with E-state index in [1.165, 1.54) is 0 Å². The Morgan fingerprint density at radius 3 is 2.42 bits per heavy atom. The molecular formula is C19H19BrN4OS. The molecule has 1 aromatic heterocycles. The molecule has 3 aromatic rings. The zero-order valence-corrected chi connectivity index (χ0v) is 16.6. The predicted molar refractivity (Wildman–Crippen MR) is 108 cm³/mol. The first-order valence-electron chi connectivity index (χ1n) is 8.54. The number of aromatic nitrogens is 3. The Hall–Kier alpha value is -1.80. The molecule has 0 aliphatic carbocycles. The van der Waals surface area contributed by atoms with E-state index < -0.39 is 0 Å². The molecule has 0 saturated carbocycles. The van der Waals surface area contributed by atoms with Crippen LogP contribution in [-0.2, 0) is 11.4 Å². The van der Waals surface area contributed by atoms with Gasteiger partial charge in [-0.15, -0.1) is 5.10 Å². The average Bonchev–Trinajstić information content (AvgIpc) is 3.00. The Kier molecular flexibility index (Phi) is 5.31. The van der Waals surface area contributed by atoms with E-state index in [1.54, 1.807) is 0 Å². The lowest BCUT2D eigenvalue weighted by Crippen LogP contribution is -2.37. The third-order valence-electron chi connectivity index (χ3n) is 4.41. The van der Waals surface area contributed by atoms with Gasteiger partial charge in [-0.1, -0.05) is 52.3 Å². The normalized spacial score (nSPS) is 15.3. The molecule has 7 heteroatoms. The molecule has 134 valence electrons. The summed E-state index contributed by atoms with van der Waals surface area (Å²) in [4.78, 5) is 2.31. The fraction of sp³-hybridized carbons (Fsp3) is 0.263. The largest absolute Gasteiger partial charge is 0.379 e. The molecule has 0 atom stereocenters. The van der Waals surface area contributed by atoms with Crippen LogP contribution < -0.4 is 0 Å². The third kappa shape index (κ3) is 3.53. The van der Waals surface area contributed by atoms with Crippen LogP contribution in [0, 0.1) is 4.77 Å². The van der Waals surface area contributed by atoms with Gasteiger partial charge >= 0.3 is 0 Å². The van der Waals surface area contributed by atoms with Gasteiger partial charge < -0.3 is 4.74 Å². The summed E-state index contributed by atoms with van der Waals surface area (Å²) in [7, 11) is 0. The van der Waals surface area contributed by atoms with E-state index in [0.717, 1.165) is 47.9 Å². The molecule has 0 radical (unpaired) electrons. The van der Waals surface area contributed by atoms with Crippen molar-refractivity contribution in [3.8, 4) is 17.1 Å². The molecule has 0 unspecified atom stereocenters. The lowest BCUT2D eigenvalue weighted by atomic mass is 10.2. The van der Waals surface area contributed by atoms with Crippen molar-refractivity contribution in [2.45, 2.75) is 6.67 Å². The number of rotatable bonds is 4. The molecule has 4 rings (SSSR count). The van der Waals surface area contributed by atoms with Gasteiger partial charge in [0.2, 0.25) is 4.77 Å². The van der Waals surface area contributed by atoms with Gasteiger partial charge in [0, 0.05) is 28.8 Å². The van der Waals surface area contributed by atoms with Crippen LogP contribution in [-0.4, -0.2) is 45.6 Å². The van der Waals surface area contributed by atoms with Gasteiger partial charge in [0.05, 0.1) is 19.9 Å². The molecule has 1 fully saturated rings. The van der Waals surface area contributed by atoms with Crippen LogP contribution in [0.25, 0.3) is 17.1 Å². The maximum Gasteiger partial charge on any atom is 0.204 e. The Labute approximate surface area is 166 Å². The minimum atomic E-state index is 0.666. The number of ether oxygens (including phenoxy) is 1. The van der Waals surface area contributed by atoms with Crippen molar-refractivity contribution in [3.63, 3.8) is 0 Å². The van der Waals surface area contributed by atoms with Crippen molar-refractivity contribution in [3.05, 3.63) is 63.8 Å². The van der Waals surface area contributed by atoms with E-state index in [0.29, 0.717) is 11.4 Å². The van der Waals surface area contributed by atoms with Crippen LogP contribution in [0.4, 0.5) is 0 Å². The van der Waals surface area contributed by atoms with Gasteiger partial charge in [0.15, 0.2) is 5.82 Å². The van der Waals surface area contributed by atoms with E-state index in [2.05, 4.69) is 39.0 Å². The highest BCUT2D eigenvalue weighted by Gasteiger charge is 2.18. The summed E-state index contributed by atoms with van der Waals surface area (Å²) in [5.74, 6) is 0.835. The van der Waals surface area contributed by atoms with E-state index in [1.807, 2.05) is 45.6 Å². The predicted octanol–water partition coefficient (Wildman–Crippen LogP) is 4.12. The van der Waals surface area contributed by atoms with E-state index >= 15 is 0 Å². The molecule has 1 aliphatic rings. The van der Waals surface area contributed by atoms with Crippen LogP contribution in [0.15, 0.2) is 59.1 Å². The quantitative estimate of drug-likeness (QED) is 0.583. The summed E-state index contributed by atoms with van der Waals surface area (Å²) in [5, 5.41) is 4.87. The molecule has 0 bridgehead atoms. The Morgan fingerprint density at radius 1 is 1.00 bits per heavy atom. The summed E-state index contributed by atoms with van der Waals surface area (Å²) in [6, 6.07) is 18.2. The fourth-order valence-corrected chi connectivity index (χ4v) is 3.81. The molecule has 2 aromatic carbocycles. The second kappa shape index (κ2) is 7.84. The topological polar surface area (TPSA) is 35.2 Å². The molecule has 0 amide bonds. The lowest BCUT2D eigenvalue weighted by molar-refractivity contribution is 0.0210. The molecule has 26 heavy (non-hydrogen) atoms. The van der Waals surface area contributed by atoms with Crippen molar-refractivity contribution in [1.82, 2.24) is 19.2 Å². The minimum Gasteiger partial charge on any atom is -0.379 e. The van der Waals surface area contributed by atoms with Crippen LogP contribution in [0.3, 0.4) is 0 Å². The smallest absolute Gasteiger partial charge is 0.204 e. The van der Waals surface area contributed by atoms with Crippen LogP contribution in [0.2, 0.25) is 0 Å². The van der Waals surface area contributed by atoms with E-state index in [4.69, 9.17) is 22.1 Å². The summed E-state index contributed by atoms with van der Waals surface area (Å²) < 4.78 is 11.1. The SMILES string of the molecule is S=c1n(CN2CCOCC2)nc(-c2ccccc2Br)n1-c1ccccc1.